The van der Waals surface area contributed by atoms with Crippen LogP contribution in [0.4, 0.5) is 0 Å². The first kappa shape index (κ1) is 8.27. The third kappa shape index (κ3) is 6.27. The van der Waals surface area contributed by atoms with Crippen molar-refractivity contribution < 1.29 is 5.73 Å². The van der Waals surface area contributed by atoms with Gasteiger partial charge in [0.25, 0.3) is 0 Å². The maximum absolute atomic E-state index is 3.74. The van der Waals surface area contributed by atoms with Crippen LogP contribution in [0, 0.1) is 0 Å². The van der Waals surface area contributed by atoms with Crippen LogP contribution in [0.3, 0.4) is 0 Å². The second-order valence-electron chi connectivity index (χ2n) is 2.59. The summed E-state index contributed by atoms with van der Waals surface area (Å²) in [5.41, 5.74) is 3.74. The number of nitrogens with one attached hydrogen (secondary N) is 1. The number of rotatable bonds is 3. The molecule has 0 aliphatic rings. The lowest BCUT2D eigenvalue weighted by Gasteiger charge is -2.25. The first-order valence-corrected chi connectivity index (χ1v) is 5.64. The fourth-order valence-electron chi connectivity index (χ4n) is 0.378. The second-order valence-corrected chi connectivity index (χ2v) is 6.55. The van der Waals surface area contributed by atoms with Gasteiger partial charge in [-0.15, -0.1) is 0 Å². The van der Waals surface area contributed by atoms with Crippen LogP contribution in [-0.2, 0) is 0 Å². The van der Waals surface area contributed by atoms with Gasteiger partial charge in [0.05, 0.1) is 13.1 Å². The molecule has 52 valence electrons. The van der Waals surface area contributed by atoms with Gasteiger partial charge >= 0.3 is 0 Å². The van der Waals surface area contributed by atoms with Crippen molar-refractivity contribution in [2.24, 2.45) is 0 Å². The van der Waals surface area contributed by atoms with Gasteiger partial charge in [0, 0.05) is 0 Å². The van der Waals surface area contributed by atoms with Crippen LogP contribution in [0.25, 0.3) is 0 Å². The van der Waals surface area contributed by atoms with Crippen LogP contribution in [0.2, 0.25) is 0 Å². The second kappa shape index (κ2) is 3.33. The van der Waals surface area contributed by atoms with E-state index in [-0.39, 0.29) is 0 Å². The summed E-state index contributed by atoms with van der Waals surface area (Å²) in [6.45, 7) is 2.04. The molecule has 0 aliphatic heterocycles. The molecular formula is C5H17N2S+. The lowest BCUT2D eigenvalue weighted by Crippen LogP contribution is -2.54. The van der Waals surface area contributed by atoms with Crippen molar-refractivity contribution in [2.75, 3.05) is 31.9 Å². The average Bonchev–Trinajstić information content (AvgIpc) is 1.59. The summed E-state index contributed by atoms with van der Waals surface area (Å²) < 4.78 is 3.39. The predicted octanol–water partition coefficient (Wildman–Crippen LogP) is -0.573. The standard InChI is InChI=1S/C5H16N2S/c1-8(2,3)7-5-4-6/h7H,4-6H2,1-3H3/p+1. The molecule has 0 saturated heterocycles. The number of hydrogen-bond acceptors (Lipinski definition) is 1. The zero-order chi connectivity index (χ0) is 6.62. The lowest BCUT2D eigenvalue weighted by molar-refractivity contribution is -0.364. The highest BCUT2D eigenvalue weighted by Gasteiger charge is 1.99. The van der Waals surface area contributed by atoms with Gasteiger partial charge in [-0.3, -0.25) is 4.72 Å². The third-order valence-corrected chi connectivity index (χ3v) is 1.78. The summed E-state index contributed by atoms with van der Waals surface area (Å²) in [6.07, 6.45) is 6.72. The zero-order valence-corrected chi connectivity index (χ0v) is 6.85. The molecule has 0 radical (unpaired) electrons. The van der Waals surface area contributed by atoms with Crippen LogP contribution < -0.4 is 10.5 Å². The Hall–Kier alpha value is 0.270. The fraction of sp³-hybridized carbons (Fsp3) is 1.00. The summed E-state index contributed by atoms with van der Waals surface area (Å²) in [5, 5.41) is 0. The molecule has 0 bridgehead atoms. The van der Waals surface area contributed by atoms with E-state index >= 15 is 0 Å². The van der Waals surface area contributed by atoms with E-state index in [0.29, 0.717) is 0 Å². The molecule has 3 heteroatoms. The highest BCUT2D eigenvalue weighted by molar-refractivity contribution is 8.30. The Labute approximate surface area is 53.3 Å². The Morgan fingerprint density at radius 1 is 1.38 bits per heavy atom. The Balaban J connectivity index is 3.11. The molecule has 0 rings (SSSR count). The van der Waals surface area contributed by atoms with Crippen LogP contribution >= 0.6 is 10.2 Å². The monoisotopic (exact) mass is 137 g/mol. The summed E-state index contributed by atoms with van der Waals surface area (Å²) in [4.78, 5) is 0. The van der Waals surface area contributed by atoms with Crippen molar-refractivity contribution in [3.05, 3.63) is 0 Å². The molecule has 0 aliphatic carbocycles. The molecule has 0 spiro atoms. The molecule has 4 N–H and O–H groups in total. The van der Waals surface area contributed by atoms with E-state index < -0.39 is 10.2 Å². The quantitative estimate of drug-likeness (QED) is 0.537. The summed E-state index contributed by atoms with van der Waals surface area (Å²) in [6, 6.07) is 0. The van der Waals surface area contributed by atoms with Gasteiger partial charge in [-0.05, 0) is 18.8 Å². The van der Waals surface area contributed by atoms with E-state index in [2.05, 4.69) is 29.2 Å². The molecule has 0 amide bonds. The average molecular weight is 137 g/mol. The normalized spacial score (nSPS) is 14.0. The Morgan fingerprint density at radius 2 is 1.88 bits per heavy atom. The van der Waals surface area contributed by atoms with Gasteiger partial charge in [-0.25, -0.2) is 0 Å². The van der Waals surface area contributed by atoms with E-state index in [1.807, 2.05) is 0 Å². The Bertz CT molecular complexity index is 57.9. The van der Waals surface area contributed by atoms with Crippen molar-refractivity contribution in [1.29, 1.82) is 0 Å². The largest absolute Gasteiger partial charge is 0.356 e. The van der Waals surface area contributed by atoms with Crippen LogP contribution in [0.5, 0.6) is 0 Å². The molecule has 2 nitrogen and oxygen atoms in total. The minimum Gasteiger partial charge on any atom is -0.356 e. The van der Waals surface area contributed by atoms with Crippen molar-refractivity contribution in [2.45, 2.75) is 0 Å². The molecule has 0 atom stereocenters. The van der Waals surface area contributed by atoms with Gasteiger partial charge < -0.3 is 5.73 Å². The highest BCUT2D eigenvalue weighted by Crippen LogP contribution is 2.27. The first-order chi connectivity index (χ1) is 3.56. The van der Waals surface area contributed by atoms with Gasteiger partial charge in [0.15, 0.2) is 0 Å². The van der Waals surface area contributed by atoms with E-state index in [0.717, 1.165) is 13.1 Å². The SMILES string of the molecule is CS(C)(C)NCC[NH3+]. The summed E-state index contributed by atoms with van der Waals surface area (Å²) >= 11 is 0. The molecule has 0 aromatic heterocycles. The van der Waals surface area contributed by atoms with Gasteiger partial charge in [-0.2, -0.15) is 10.2 Å². The fourth-order valence-corrected chi connectivity index (χ4v) is 1.14. The molecule has 0 heterocycles. The minimum absolute atomic E-state index is 0.476. The lowest BCUT2D eigenvalue weighted by atomic mass is 10.7. The van der Waals surface area contributed by atoms with Crippen LogP contribution in [0.15, 0.2) is 0 Å². The smallest absolute Gasteiger partial charge is 0.0875 e. The Kier molecular flexibility index (Phi) is 3.44. The van der Waals surface area contributed by atoms with Gasteiger partial charge in [0.2, 0.25) is 0 Å². The maximum Gasteiger partial charge on any atom is 0.0875 e. The van der Waals surface area contributed by atoms with Crippen molar-refractivity contribution in [3.63, 3.8) is 0 Å². The van der Waals surface area contributed by atoms with Crippen LogP contribution in [0.1, 0.15) is 0 Å². The Morgan fingerprint density at radius 3 is 2.00 bits per heavy atom. The molecule has 0 fully saturated rings. The third-order valence-electron chi connectivity index (χ3n) is 0.712. The van der Waals surface area contributed by atoms with Gasteiger partial charge in [-0.1, -0.05) is 0 Å². The molecule has 0 aromatic carbocycles. The summed E-state index contributed by atoms with van der Waals surface area (Å²) in [5.74, 6) is 0. The minimum atomic E-state index is -0.476. The maximum atomic E-state index is 3.74. The topological polar surface area (TPSA) is 39.7 Å². The number of quaternary nitrogens is 1. The van der Waals surface area contributed by atoms with E-state index in [4.69, 9.17) is 0 Å². The molecule has 8 heavy (non-hydrogen) atoms. The first-order valence-electron chi connectivity index (χ1n) is 2.78. The van der Waals surface area contributed by atoms with Crippen molar-refractivity contribution in [1.82, 2.24) is 4.72 Å². The molecular weight excluding hydrogens is 120 g/mol. The van der Waals surface area contributed by atoms with Crippen molar-refractivity contribution >= 4 is 10.2 Å². The van der Waals surface area contributed by atoms with E-state index in [1.54, 1.807) is 0 Å². The van der Waals surface area contributed by atoms with Gasteiger partial charge in [0.1, 0.15) is 0 Å². The van der Waals surface area contributed by atoms with Crippen LogP contribution in [-0.4, -0.2) is 31.9 Å². The molecule has 0 unspecified atom stereocenters. The molecule has 0 saturated carbocycles. The number of hydrogen-bond donors (Lipinski definition) is 2. The highest BCUT2D eigenvalue weighted by atomic mass is 32.3. The predicted molar refractivity (Wildman–Crippen MR) is 41.1 cm³/mol. The van der Waals surface area contributed by atoms with E-state index in [1.165, 1.54) is 0 Å². The van der Waals surface area contributed by atoms with Crippen molar-refractivity contribution in [3.8, 4) is 0 Å². The molecule has 0 aromatic rings. The summed E-state index contributed by atoms with van der Waals surface area (Å²) in [7, 11) is -0.476. The zero-order valence-electron chi connectivity index (χ0n) is 6.03. The van der Waals surface area contributed by atoms with E-state index in [9.17, 15) is 0 Å².